The second-order valence-electron chi connectivity index (χ2n) is 5.58. The number of nitrogens with zero attached hydrogens (tertiary/aromatic N) is 1. The molecule has 1 aliphatic rings. The summed E-state index contributed by atoms with van der Waals surface area (Å²) in [6.45, 7) is 2.17. The first kappa shape index (κ1) is 14.9. The molecule has 4 heteroatoms. The summed E-state index contributed by atoms with van der Waals surface area (Å²) in [5, 5.41) is 0. The van der Waals surface area contributed by atoms with Crippen molar-refractivity contribution in [1.29, 1.82) is 0 Å². The van der Waals surface area contributed by atoms with Crippen LogP contribution < -0.4 is 5.73 Å². The minimum atomic E-state index is -0.200. The Kier molecular flexibility index (Phi) is 4.98. The van der Waals surface area contributed by atoms with E-state index in [4.69, 9.17) is 5.73 Å². The first-order valence-corrected chi connectivity index (χ1v) is 7.70. The van der Waals surface area contributed by atoms with Crippen LogP contribution >= 0.6 is 15.9 Å². The molecule has 0 bridgehead atoms. The average molecular weight is 329 g/mol. The lowest BCUT2D eigenvalue weighted by atomic mass is 9.90. The van der Waals surface area contributed by atoms with Crippen LogP contribution in [0.1, 0.15) is 44.2 Å². The molecule has 0 aliphatic heterocycles. The quantitative estimate of drug-likeness (QED) is 0.913. The number of hydrogen-bond donors (Lipinski definition) is 1. The molecular weight excluding hydrogens is 307 g/mol. The van der Waals surface area contributed by atoms with Crippen molar-refractivity contribution in [2.45, 2.75) is 50.7 Å². The van der Waals surface area contributed by atoms with Gasteiger partial charge in [-0.05, 0) is 57.4 Å². The molecule has 0 radical (unpaired) electrons. The molecule has 1 atom stereocenters. The molecule has 0 heterocycles. The van der Waals surface area contributed by atoms with Gasteiger partial charge in [-0.15, -0.1) is 0 Å². The summed E-state index contributed by atoms with van der Waals surface area (Å²) in [7, 11) is 2.15. The van der Waals surface area contributed by atoms with E-state index in [-0.39, 0.29) is 11.9 Å². The molecule has 1 saturated carbocycles. The fourth-order valence-electron chi connectivity index (χ4n) is 2.88. The Bertz CT molecular complexity index is 430. The molecular formula is C15H22BrFN2. The third-order valence-corrected chi connectivity index (χ3v) is 5.03. The van der Waals surface area contributed by atoms with Gasteiger partial charge in [0.15, 0.2) is 0 Å². The maximum Gasteiger partial charge on any atom is 0.124 e. The Morgan fingerprint density at radius 1 is 1.32 bits per heavy atom. The average Bonchev–Trinajstić information content (AvgIpc) is 2.38. The van der Waals surface area contributed by atoms with Crippen molar-refractivity contribution in [1.82, 2.24) is 4.90 Å². The zero-order valence-electron chi connectivity index (χ0n) is 11.6. The summed E-state index contributed by atoms with van der Waals surface area (Å²) in [6.07, 6.45) is 4.51. The summed E-state index contributed by atoms with van der Waals surface area (Å²) in [5.41, 5.74) is 7.10. The van der Waals surface area contributed by atoms with Gasteiger partial charge < -0.3 is 5.73 Å². The number of benzene rings is 1. The van der Waals surface area contributed by atoms with E-state index in [1.165, 1.54) is 12.1 Å². The van der Waals surface area contributed by atoms with E-state index in [0.29, 0.717) is 12.1 Å². The highest BCUT2D eigenvalue weighted by Gasteiger charge is 2.26. The molecule has 1 fully saturated rings. The summed E-state index contributed by atoms with van der Waals surface area (Å²) < 4.78 is 14.0. The summed E-state index contributed by atoms with van der Waals surface area (Å²) >= 11 is 3.46. The monoisotopic (exact) mass is 328 g/mol. The van der Waals surface area contributed by atoms with Gasteiger partial charge in [0.2, 0.25) is 0 Å². The van der Waals surface area contributed by atoms with Crippen molar-refractivity contribution in [3.8, 4) is 0 Å². The van der Waals surface area contributed by atoms with Gasteiger partial charge in [0.1, 0.15) is 5.82 Å². The van der Waals surface area contributed by atoms with E-state index in [1.807, 2.05) is 6.07 Å². The first-order chi connectivity index (χ1) is 8.99. The van der Waals surface area contributed by atoms with Crippen LogP contribution in [-0.4, -0.2) is 24.0 Å². The fraction of sp³-hybridized carbons (Fsp3) is 0.600. The molecule has 2 nitrogen and oxygen atoms in total. The molecule has 1 aromatic rings. The highest BCUT2D eigenvalue weighted by molar-refractivity contribution is 9.10. The summed E-state index contributed by atoms with van der Waals surface area (Å²) in [4.78, 5) is 2.39. The zero-order valence-corrected chi connectivity index (χ0v) is 13.2. The first-order valence-electron chi connectivity index (χ1n) is 6.91. The Hall–Kier alpha value is -0.450. The number of rotatable bonds is 3. The highest BCUT2D eigenvalue weighted by Crippen LogP contribution is 2.32. The van der Waals surface area contributed by atoms with Gasteiger partial charge in [0.05, 0.1) is 0 Å². The molecule has 0 saturated heterocycles. The van der Waals surface area contributed by atoms with Crippen molar-refractivity contribution < 1.29 is 4.39 Å². The maximum atomic E-state index is 13.2. The fourth-order valence-corrected chi connectivity index (χ4v) is 3.57. The lowest BCUT2D eigenvalue weighted by Gasteiger charge is -2.37. The normalized spacial score (nSPS) is 25.6. The zero-order chi connectivity index (χ0) is 14.0. The van der Waals surface area contributed by atoms with E-state index < -0.39 is 0 Å². The van der Waals surface area contributed by atoms with Crippen LogP contribution in [0.25, 0.3) is 0 Å². The lowest BCUT2D eigenvalue weighted by Crippen LogP contribution is -2.39. The van der Waals surface area contributed by atoms with Gasteiger partial charge in [-0.2, -0.15) is 0 Å². The molecule has 0 spiro atoms. The molecule has 0 aromatic heterocycles. The number of hydrogen-bond acceptors (Lipinski definition) is 2. The van der Waals surface area contributed by atoms with Crippen molar-refractivity contribution in [3.63, 3.8) is 0 Å². The predicted molar refractivity (Wildman–Crippen MR) is 80.5 cm³/mol. The molecule has 1 unspecified atom stereocenters. The van der Waals surface area contributed by atoms with E-state index in [1.54, 1.807) is 0 Å². The van der Waals surface area contributed by atoms with Gasteiger partial charge in [0.25, 0.3) is 0 Å². The number of halogens is 2. The van der Waals surface area contributed by atoms with Gasteiger partial charge in [-0.25, -0.2) is 4.39 Å². The van der Waals surface area contributed by atoms with Crippen molar-refractivity contribution in [3.05, 3.63) is 34.1 Å². The Balaban J connectivity index is 2.08. The lowest BCUT2D eigenvalue weighted by molar-refractivity contribution is 0.140. The van der Waals surface area contributed by atoms with Crippen molar-refractivity contribution in [2.24, 2.45) is 5.73 Å². The number of nitrogens with two attached hydrogens (primary N) is 1. The van der Waals surface area contributed by atoms with Crippen LogP contribution in [0, 0.1) is 5.82 Å². The Morgan fingerprint density at radius 3 is 2.53 bits per heavy atom. The molecule has 106 valence electrons. The highest BCUT2D eigenvalue weighted by atomic mass is 79.9. The van der Waals surface area contributed by atoms with E-state index in [0.717, 1.165) is 35.7 Å². The minimum absolute atomic E-state index is 0.200. The van der Waals surface area contributed by atoms with Crippen LogP contribution in [0.3, 0.4) is 0 Å². The van der Waals surface area contributed by atoms with Crippen LogP contribution in [0.15, 0.2) is 22.7 Å². The van der Waals surface area contributed by atoms with E-state index in [2.05, 4.69) is 34.8 Å². The molecule has 2 rings (SSSR count). The van der Waals surface area contributed by atoms with Crippen LogP contribution in [0.4, 0.5) is 4.39 Å². The van der Waals surface area contributed by atoms with Gasteiger partial charge in [-0.1, -0.05) is 22.0 Å². The Morgan fingerprint density at radius 2 is 1.95 bits per heavy atom. The van der Waals surface area contributed by atoms with E-state index in [9.17, 15) is 4.39 Å². The Labute approximate surface area is 123 Å². The van der Waals surface area contributed by atoms with Crippen LogP contribution in [0.2, 0.25) is 0 Å². The van der Waals surface area contributed by atoms with Crippen LogP contribution in [-0.2, 0) is 0 Å². The predicted octanol–water partition coefficient (Wildman–Crippen LogP) is 3.85. The second-order valence-corrected chi connectivity index (χ2v) is 6.43. The molecule has 0 amide bonds. The third kappa shape index (κ3) is 3.56. The minimum Gasteiger partial charge on any atom is -0.328 e. The standard InChI is InChI=1S/C15H22BrFN2/c1-10(14-8-3-11(17)9-15(14)16)19(2)13-6-4-12(18)5-7-13/h3,8-10,12-13H,4-7,18H2,1-2H3. The third-order valence-electron chi connectivity index (χ3n) is 4.34. The van der Waals surface area contributed by atoms with Gasteiger partial charge >= 0.3 is 0 Å². The molecule has 1 aliphatic carbocycles. The van der Waals surface area contributed by atoms with Gasteiger partial charge in [0, 0.05) is 22.6 Å². The molecule has 2 N–H and O–H groups in total. The summed E-state index contributed by atoms with van der Waals surface area (Å²) in [6, 6.07) is 6.16. The second kappa shape index (κ2) is 6.33. The van der Waals surface area contributed by atoms with Crippen molar-refractivity contribution >= 4 is 15.9 Å². The molecule has 19 heavy (non-hydrogen) atoms. The van der Waals surface area contributed by atoms with Gasteiger partial charge in [-0.3, -0.25) is 4.90 Å². The molecule has 1 aromatic carbocycles. The van der Waals surface area contributed by atoms with Crippen LogP contribution in [0.5, 0.6) is 0 Å². The van der Waals surface area contributed by atoms with Crippen molar-refractivity contribution in [2.75, 3.05) is 7.05 Å². The summed E-state index contributed by atoms with van der Waals surface area (Å²) in [5.74, 6) is -0.200. The SMILES string of the molecule is CC(c1ccc(F)cc1Br)N(C)C1CCC(N)CC1. The maximum absolute atomic E-state index is 13.2. The topological polar surface area (TPSA) is 29.3 Å². The largest absolute Gasteiger partial charge is 0.328 e. The van der Waals surface area contributed by atoms with E-state index >= 15 is 0 Å². The smallest absolute Gasteiger partial charge is 0.124 e.